The number of nitrogens with zero attached hydrogens (tertiary/aromatic N) is 5. The second-order valence-corrected chi connectivity index (χ2v) is 8.77. The van der Waals surface area contributed by atoms with E-state index in [0.29, 0.717) is 24.6 Å². The molecular weight excluding hydrogens is 402 g/mol. The summed E-state index contributed by atoms with van der Waals surface area (Å²) < 4.78 is 5.93. The number of anilines is 1. The molecule has 0 bridgehead atoms. The molecule has 2 saturated heterocycles. The fourth-order valence-electron chi connectivity index (χ4n) is 4.64. The average Bonchev–Trinajstić information content (AvgIpc) is 2.80. The highest BCUT2D eigenvalue weighted by Gasteiger charge is 2.36. The molecule has 1 aromatic carbocycles. The Morgan fingerprint density at radius 2 is 1.72 bits per heavy atom. The summed E-state index contributed by atoms with van der Waals surface area (Å²) in [5.41, 5.74) is 1.98. The van der Waals surface area contributed by atoms with Gasteiger partial charge in [0.15, 0.2) is 0 Å². The first kappa shape index (κ1) is 22.1. The van der Waals surface area contributed by atoms with Crippen molar-refractivity contribution in [3.05, 3.63) is 53.9 Å². The van der Waals surface area contributed by atoms with Crippen molar-refractivity contribution in [3.8, 4) is 12.3 Å². The Bertz CT molecular complexity index is 923. The molecule has 0 unspecified atom stereocenters. The largest absolute Gasteiger partial charge is 0.446 e. The Morgan fingerprint density at radius 1 is 1.09 bits per heavy atom. The smallest absolute Gasteiger partial charge is 0.410 e. The third-order valence-electron chi connectivity index (χ3n) is 6.27. The molecule has 7 heteroatoms. The molecule has 2 aromatic rings. The Morgan fingerprint density at radius 3 is 2.31 bits per heavy atom. The van der Waals surface area contributed by atoms with Gasteiger partial charge in [0.25, 0.3) is 0 Å². The van der Waals surface area contributed by atoms with Crippen molar-refractivity contribution < 1.29 is 9.53 Å². The van der Waals surface area contributed by atoms with Crippen LogP contribution in [0.2, 0.25) is 0 Å². The van der Waals surface area contributed by atoms with Crippen molar-refractivity contribution in [2.75, 3.05) is 31.1 Å². The lowest BCUT2D eigenvalue weighted by Gasteiger charge is -2.44. The van der Waals surface area contributed by atoms with Crippen LogP contribution in [0, 0.1) is 12.3 Å². The number of amides is 1. The first-order valence-electron chi connectivity index (χ1n) is 11.3. The highest BCUT2D eigenvalue weighted by atomic mass is 16.6. The summed E-state index contributed by atoms with van der Waals surface area (Å²) in [5, 5.41) is 0. The van der Waals surface area contributed by atoms with Gasteiger partial charge in [-0.1, -0.05) is 36.3 Å². The maximum absolute atomic E-state index is 13.0. The van der Waals surface area contributed by atoms with Crippen LogP contribution < -0.4 is 4.90 Å². The number of hydrogen-bond donors (Lipinski definition) is 0. The number of hydrogen-bond acceptors (Lipinski definition) is 6. The van der Waals surface area contributed by atoms with Gasteiger partial charge < -0.3 is 9.64 Å². The molecule has 2 aliphatic heterocycles. The van der Waals surface area contributed by atoms with E-state index in [0.717, 1.165) is 32.5 Å². The number of terminal acetylenes is 1. The first-order valence-corrected chi connectivity index (χ1v) is 11.3. The topological polar surface area (TPSA) is 61.8 Å². The van der Waals surface area contributed by atoms with Crippen LogP contribution in [0.25, 0.3) is 0 Å². The number of carbonyl (C=O) groups is 1. The average molecular weight is 434 g/mol. The predicted octanol–water partition coefficient (Wildman–Crippen LogP) is 3.16. The molecule has 1 aromatic heterocycles. The van der Waals surface area contributed by atoms with Crippen molar-refractivity contribution in [3.63, 3.8) is 0 Å². The molecule has 4 rings (SSSR count). The zero-order valence-corrected chi connectivity index (χ0v) is 18.9. The molecule has 0 radical (unpaired) electrons. The Balaban J connectivity index is 1.28. The molecule has 3 heterocycles. The van der Waals surface area contributed by atoms with Crippen LogP contribution in [0.5, 0.6) is 0 Å². The molecular formula is C25H31N5O2. The summed E-state index contributed by atoms with van der Waals surface area (Å²) in [6.07, 6.45) is 10.2. The summed E-state index contributed by atoms with van der Waals surface area (Å²) >= 11 is 0. The molecule has 0 saturated carbocycles. The minimum atomic E-state index is -0.213. The monoisotopic (exact) mass is 433 g/mol. The summed E-state index contributed by atoms with van der Waals surface area (Å²) in [6.45, 7) is 8.23. The second-order valence-electron chi connectivity index (χ2n) is 8.77. The highest BCUT2D eigenvalue weighted by molar-refractivity contribution is 5.69. The fourth-order valence-corrected chi connectivity index (χ4v) is 4.64. The van der Waals surface area contributed by atoms with E-state index in [4.69, 9.17) is 11.2 Å². The molecule has 168 valence electrons. The van der Waals surface area contributed by atoms with E-state index in [1.54, 1.807) is 12.4 Å². The van der Waals surface area contributed by atoms with Crippen LogP contribution in [0.15, 0.2) is 42.7 Å². The van der Waals surface area contributed by atoms with Crippen LogP contribution in [-0.4, -0.2) is 70.2 Å². The molecule has 32 heavy (non-hydrogen) atoms. The van der Waals surface area contributed by atoms with Gasteiger partial charge in [-0.2, -0.15) is 0 Å². The van der Waals surface area contributed by atoms with E-state index < -0.39 is 0 Å². The number of ether oxygens (including phenoxy) is 1. The van der Waals surface area contributed by atoms with Crippen molar-refractivity contribution in [1.29, 1.82) is 0 Å². The third kappa shape index (κ3) is 5.20. The molecule has 1 amide bonds. The summed E-state index contributed by atoms with van der Waals surface area (Å²) in [6, 6.07) is 10.5. The van der Waals surface area contributed by atoms with Crippen LogP contribution >= 0.6 is 0 Å². The Hall–Kier alpha value is -3.11. The van der Waals surface area contributed by atoms with Gasteiger partial charge in [-0.05, 0) is 32.3 Å². The minimum Gasteiger partial charge on any atom is -0.446 e. The molecule has 2 aliphatic rings. The highest BCUT2D eigenvalue weighted by Crippen LogP contribution is 2.23. The zero-order chi connectivity index (χ0) is 22.5. The van der Waals surface area contributed by atoms with Crippen LogP contribution in [0.1, 0.15) is 37.8 Å². The van der Waals surface area contributed by atoms with Crippen LogP contribution in [0.3, 0.4) is 0 Å². The van der Waals surface area contributed by atoms with Gasteiger partial charge in [-0.15, -0.1) is 6.42 Å². The summed E-state index contributed by atoms with van der Waals surface area (Å²) in [7, 11) is 0. The quantitative estimate of drug-likeness (QED) is 0.691. The van der Waals surface area contributed by atoms with Gasteiger partial charge in [0.2, 0.25) is 5.95 Å². The lowest BCUT2D eigenvalue weighted by atomic mass is 10.1. The Kier molecular flexibility index (Phi) is 6.91. The van der Waals surface area contributed by atoms with E-state index in [-0.39, 0.29) is 24.3 Å². The summed E-state index contributed by atoms with van der Waals surface area (Å²) in [5.74, 6) is 3.17. The lowest BCUT2D eigenvalue weighted by Crippen LogP contribution is -2.59. The van der Waals surface area contributed by atoms with Crippen molar-refractivity contribution in [2.24, 2.45) is 0 Å². The number of benzene rings is 1. The number of piperazine rings is 1. The maximum atomic E-state index is 13.0. The number of likely N-dealkylation sites (tertiary alicyclic amines) is 1. The van der Waals surface area contributed by atoms with E-state index in [2.05, 4.69) is 50.0 Å². The molecule has 0 aliphatic carbocycles. The SMILES string of the molecule is C#Cc1cnc(N2C[C@@H](C)N(C(=O)OC3CCN(Cc4ccccc4)CC3)[C@@H](C)C2)nc1. The van der Waals surface area contributed by atoms with Crippen LogP contribution in [-0.2, 0) is 11.3 Å². The van der Waals surface area contributed by atoms with Gasteiger partial charge in [0.05, 0.1) is 17.6 Å². The van der Waals surface area contributed by atoms with Crippen molar-refractivity contribution >= 4 is 12.0 Å². The van der Waals surface area contributed by atoms with Gasteiger partial charge >= 0.3 is 6.09 Å². The Labute approximate surface area is 190 Å². The predicted molar refractivity (Wildman–Crippen MR) is 124 cm³/mol. The fraction of sp³-hybridized carbons (Fsp3) is 0.480. The maximum Gasteiger partial charge on any atom is 0.410 e. The van der Waals surface area contributed by atoms with Crippen molar-refractivity contribution in [2.45, 2.75) is 51.4 Å². The molecule has 0 N–H and O–H groups in total. The van der Waals surface area contributed by atoms with E-state index >= 15 is 0 Å². The molecule has 7 nitrogen and oxygen atoms in total. The van der Waals surface area contributed by atoms with Crippen LogP contribution in [0.4, 0.5) is 10.7 Å². The number of aromatic nitrogens is 2. The summed E-state index contributed by atoms with van der Waals surface area (Å²) in [4.78, 5) is 28.1. The number of carbonyl (C=O) groups excluding carboxylic acids is 1. The van der Waals surface area contributed by atoms with E-state index in [1.165, 1.54) is 5.56 Å². The van der Waals surface area contributed by atoms with Gasteiger partial charge in [0.1, 0.15) is 6.10 Å². The standard InChI is InChI=1S/C25H31N5O2/c1-4-21-14-26-24(27-15-21)29-16-19(2)30(20(3)17-29)25(31)32-23-10-12-28(13-11-23)18-22-8-6-5-7-9-22/h1,5-9,14-15,19-20,23H,10-13,16-18H2,2-3H3/t19-,20+. The van der Waals surface area contributed by atoms with Gasteiger partial charge in [0, 0.05) is 45.1 Å². The zero-order valence-electron chi connectivity index (χ0n) is 18.9. The van der Waals surface area contributed by atoms with Gasteiger partial charge in [-0.3, -0.25) is 9.80 Å². The van der Waals surface area contributed by atoms with E-state index in [9.17, 15) is 4.79 Å². The lowest BCUT2D eigenvalue weighted by molar-refractivity contribution is 0.00996. The molecule has 0 spiro atoms. The van der Waals surface area contributed by atoms with Crippen molar-refractivity contribution in [1.82, 2.24) is 19.8 Å². The normalized spacial score (nSPS) is 22.4. The second kappa shape index (κ2) is 10.0. The number of piperidine rings is 1. The first-order chi connectivity index (χ1) is 15.5. The molecule has 2 fully saturated rings. The van der Waals surface area contributed by atoms with E-state index in [1.807, 2.05) is 24.8 Å². The minimum absolute atomic E-state index is 0.000305. The molecule has 2 atom stereocenters. The third-order valence-corrected chi connectivity index (χ3v) is 6.27. The number of rotatable bonds is 4. The van der Waals surface area contributed by atoms with Gasteiger partial charge in [-0.25, -0.2) is 14.8 Å².